The third-order valence-corrected chi connectivity index (χ3v) is 4.51. The van der Waals surface area contributed by atoms with Crippen LogP contribution in [0.4, 0.5) is 11.0 Å². The number of thiazole rings is 1. The number of anilines is 1. The second-order valence-corrected chi connectivity index (χ2v) is 7.08. The zero-order valence-corrected chi connectivity index (χ0v) is 13.2. The van der Waals surface area contributed by atoms with Gasteiger partial charge >= 0.3 is 5.88 Å². The van der Waals surface area contributed by atoms with E-state index in [-0.39, 0.29) is 22.1 Å². The number of nitro groups is 1. The van der Waals surface area contributed by atoms with Crippen LogP contribution in [-0.2, 0) is 6.42 Å². The maximum atomic E-state index is 12.1. The van der Waals surface area contributed by atoms with E-state index in [4.69, 9.17) is 4.42 Å². The van der Waals surface area contributed by atoms with E-state index >= 15 is 0 Å². The fourth-order valence-electron chi connectivity index (χ4n) is 2.48. The first-order valence-corrected chi connectivity index (χ1v) is 7.65. The Labute approximate surface area is 134 Å². The number of ketones is 1. The standard InChI is InChI=1S/C14H13N3O5S/c1-14(2)5-7-11(8(18)6-14)23-13(15-7)16-12(19)9-3-4-10(22-9)17(20)21/h3-4H,5-6H2,1-2H3,(H,15,16,19). The van der Waals surface area contributed by atoms with E-state index in [9.17, 15) is 19.7 Å². The number of aromatic nitrogens is 1. The van der Waals surface area contributed by atoms with Gasteiger partial charge in [0.25, 0.3) is 5.91 Å². The number of hydrogen-bond acceptors (Lipinski definition) is 7. The van der Waals surface area contributed by atoms with Crippen LogP contribution >= 0.6 is 11.3 Å². The molecule has 0 bridgehead atoms. The van der Waals surface area contributed by atoms with Gasteiger partial charge in [-0.3, -0.25) is 25.0 Å². The van der Waals surface area contributed by atoms with Gasteiger partial charge < -0.3 is 4.42 Å². The molecule has 1 aliphatic carbocycles. The van der Waals surface area contributed by atoms with Gasteiger partial charge in [-0.25, -0.2) is 4.98 Å². The number of fused-ring (bicyclic) bond motifs is 1. The average molecular weight is 335 g/mol. The minimum Gasteiger partial charge on any atom is -0.395 e. The summed E-state index contributed by atoms with van der Waals surface area (Å²) in [7, 11) is 0. The molecule has 9 heteroatoms. The molecular weight excluding hydrogens is 322 g/mol. The molecule has 0 radical (unpaired) electrons. The summed E-state index contributed by atoms with van der Waals surface area (Å²) in [6.07, 6.45) is 1.10. The highest BCUT2D eigenvalue weighted by molar-refractivity contribution is 7.17. The fraction of sp³-hybridized carbons (Fsp3) is 0.357. The molecule has 0 aromatic carbocycles. The Morgan fingerprint density at radius 2 is 2.17 bits per heavy atom. The van der Waals surface area contributed by atoms with Crippen molar-refractivity contribution in [3.63, 3.8) is 0 Å². The molecule has 1 aliphatic rings. The molecule has 0 spiro atoms. The molecule has 0 unspecified atom stereocenters. The number of hydrogen-bond donors (Lipinski definition) is 1. The van der Waals surface area contributed by atoms with E-state index in [0.717, 1.165) is 17.4 Å². The van der Waals surface area contributed by atoms with E-state index < -0.39 is 16.7 Å². The van der Waals surface area contributed by atoms with Crippen molar-refractivity contribution >= 4 is 34.0 Å². The minimum atomic E-state index is -0.723. The first kappa shape index (κ1) is 15.3. The predicted octanol–water partition coefficient (Wildman–Crippen LogP) is 3.05. The summed E-state index contributed by atoms with van der Waals surface area (Å²) in [5.74, 6) is -1.32. The van der Waals surface area contributed by atoms with Crippen molar-refractivity contribution in [1.29, 1.82) is 0 Å². The van der Waals surface area contributed by atoms with Crippen LogP contribution in [0, 0.1) is 15.5 Å². The summed E-state index contributed by atoms with van der Waals surface area (Å²) >= 11 is 1.11. The lowest BCUT2D eigenvalue weighted by atomic mass is 9.78. The lowest BCUT2D eigenvalue weighted by Crippen LogP contribution is -2.26. The molecule has 120 valence electrons. The molecule has 1 N–H and O–H groups in total. The van der Waals surface area contributed by atoms with Crippen LogP contribution in [0.2, 0.25) is 0 Å². The van der Waals surface area contributed by atoms with Crippen molar-refractivity contribution in [2.24, 2.45) is 5.41 Å². The zero-order chi connectivity index (χ0) is 16.8. The van der Waals surface area contributed by atoms with Crippen molar-refractivity contribution in [1.82, 2.24) is 4.98 Å². The number of carbonyl (C=O) groups excluding carboxylic acids is 2. The predicted molar refractivity (Wildman–Crippen MR) is 81.9 cm³/mol. The molecule has 1 amide bonds. The first-order valence-electron chi connectivity index (χ1n) is 6.84. The normalized spacial score (nSPS) is 16.0. The van der Waals surface area contributed by atoms with Gasteiger partial charge in [-0.2, -0.15) is 0 Å². The molecule has 0 aliphatic heterocycles. The third kappa shape index (κ3) is 3.00. The second-order valence-electron chi connectivity index (χ2n) is 6.08. The van der Waals surface area contributed by atoms with Crippen LogP contribution in [-0.4, -0.2) is 21.6 Å². The Bertz CT molecular complexity index is 820. The molecule has 2 heterocycles. The van der Waals surface area contributed by atoms with Gasteiger partial charge in [0, 0.05) is 6.42 Å². The molecule has 2 aromatic rings. The van der Waals surface area contributed by atoms with E-state index in [0.29, 0.717) is 23.4 Å². The number of rotatable bonds is 3. The Hall–Kier alpha value is -2.55. The van der Waals surface area contributed by atoms with E-state index in [1.165, 1.54) is 6.07 Å². The van der Waals surface area contributed by atoms with E-state index in [1.807, 2.05) is 13.8 Å². The van der Waals surface area contributed by atoms with Crippen molar-refractivity contribution in [2.75, 3.05) is 5.32 Å². The number of Topliss-reactive ketones (excluding diaryl/α,β-unsaturated/α-hetero) is 1. The summed E-state index contributed by atoms with van der Waals surface area (Å²) in [5.41, 5.74) is 0.526. The molecular formula is C14H13N3O5S. The highest BCUT2D eigenvalue weighted by Crippen LogP contribution is 2.38. The Kier molecular flexibility index (Phi) is 3.52. The number of nitrogens with one attached hydrogen (secondary N) is 1. The number of carbonyl (C=O) groups is 2. The summed E-state index contributed by atoms with van der Waals surface area (Å²) in [4.78, 5) is 38.8. The molecule has 0 atom stereocenters. The third-order valence-electron chi connectivity index (χ3n) is 3.45. The van der Waals surface area contributed by atoms with E-state index in [2.05, 4.69) is 10.3 Å². The van der Waals surface area contributed by atoms with Crippen LogP contribution in [0.5, 0.6) is 0 Å². The van der Waals surface area contributed by atoms with Crippen LogP contribution in [0.25, 0.3) is 0 Å². The van der Waals surface area contributed by atoms with Crippen LogP contribution < -0.4 is 5.32 Å². The van der Waals surface area contributed by atoms with Gasteiger partial charge in [0.15, 0.2) is 16.7 Å². The molecule has 23 heavy (non-hydrogen) atoms. The molecule has 3 rings (SSSR count). The number of nitrogens with zero attached hydrogens (tertiary/aromatic N) is 2. The first-order chi connectivity index (χ1) is 10.7. The monoisotopic (exact) mass is 335 g/mol. The maximum Gasteiger partial charge on any atom is 0.433 e. The maximum absolute atomic E-state index is 12.1. The van der Waals surface area contributed by atoms with Crippen molar-refractivity contribution in [3.05, 3.63) is 38.6 Å². The van der Waals surface area contributed by atoms with E-state index in [1.54, 1.807) is 0 Å². The van der Waals surface area contributed by atoms with Crippen molar-refractivity contribution < 1.29 is 18.9 Å². The second kappa shape index (κ2) is 5.27. The lowest BCUT2D eigenvalue weighted by Gasteiger charge is -2.26. The van der Waals surface area contributed by atoms with Gasteiger partial charge in [0.2, 0.25) is 0 Å². The summed E-state index contributed by atoms with van der Waals surface area (Å²) in [6, 6.07) is 2.32. The minimum absolute atomic E-state index is 0.0166. The summed E-state index contributed by atoms with van der Waals surface area (Å²) in [6.45, 7) is 3.99. The van der Waals surface area contributed by atoms with Crippen LogP contribution in [0.3, 0.4) is 0 Å². The topological polar surface area (TPSA) is 115 Å². The van der Waals surface area contributed by atoms with Gasteiger partial charge in [-0.05, 0) is 17.9 Å². The Morgan fingerprint density at radius 1 is 1.43 bits per heavy atom. The SMILES string of the molecule is CC1(C)CC(=O)c2sc(NC(=O)c3ccc([N+](=O)[O-])o3)nc2C1. The van der Waals surface area contributed by atoms with Gasteiger partial charge in [0.05, 0.1) is 16.6 Å². The molecule has 0 saturated heterocycles. The van der Waals surface area contributed by atoms with Crippen molar-refractivity contribution in [3.8, 4) is 0 Å². The average Bonchev–Trinajstić information content (AvgIpc) is 3.03. The molecule has 2 aromatic heterocycles. The Balaban J connectivity index is 1.80. The lowest BCUT2D eigenvalue weighted by molar-refractivity contribution is -0.402. The van der Waals surface area contributed by atoms with Gasteiger partial charge in [0.1, 0.15) is 4.92 Å². The fourth-order valence-corrected chi connectivity index (χ4v) is 3.39. The zero-order valence-electron chi connectivity index (χ0n) is 12.4. The summed E-state index contributed by atoms with van der Waals surface area (Å²) < 4.78 is 4.83. The highest BCUT2D eigenvalue weighted by atomic mass is 32.1. The van der Waals surface area contributed by atoms with Crippen LogP contribution in [0.15, 0.2) is 16.5 Å². The largest absolute Gasteiger partial charge is 0.433 e. The Morgan fingerprint density at radius 3 is 2.83 bits per heavy atom. The quantitative estimate of drug-likeness (QED) is 0.681. The van der Waals surface area contributed by atoms with Crippen molar-refractivity contribution in [2.45, 2.75) is 26.7 Å². The van der Waals surface area contributed by atoms with Gasteiger partial charge in [-0.15, -0.1) is 0 Å². The number of furan rings is 1. The molecule has 8 nitrogen and oxygen atoms in total. The van der Waals surface area contributed by atoms with Gasteiger partial charge in [-0.1, -0.05) is 25.2 Å². The highest BCUT2D eigenvalue weighted by Gasteiger charge is 2.34. The molecule has 0 saturated carbocycles. The smallest absolute Gasteiger partial charge is 0.395 e. The molecule has 0 fully saturated rings. The number of amides is 1. The summed E-state index contributed by atoms with van der Waals surface area (Å²) in [5, 5.41) is 13.4. The van der Waals surface area contributed by atoms with Crippen LogP contribution in [0.1, 0.15) is 46.2 Å².